The Morgan fingerprint density at radius 3 is 2.00 bits per heavy atom. The molecule has 0 radical (unpaired) electrons. The molecule has 2 unspecified atom stereocenters. The van der Waals surface area contributed by atoms with Crippen LogP contribution in [-0.4, -0.2) is 47.8 Å². The normalized spacial score (nSPS) is 17.2. The highest BCUT2D eigenvalue weighted by Crippen LogP contribution is 2.21. The Hall–Kier alpha value is -0.120. The molecule has 0 fully saturated rings. The third kappa shape index (κ3) is 6.24. The van der Waals surface area contributed by atoms with Gasteiger partial charge >= 0.3 is 0 Å². The van der Waals surface area contributed by atoms with E-state index in [9.17, 15) is 5.11 Å². The van der Waals surface area contributed by atoms with Crippen LogP contribution >= 0.6 is 0 Å². The third-order valence-corrected chi connectivity index (χ3v) is 4.25. The average Bonchev–Trinajstić information content (AvgIpc) is 2.38. The van der Waals surface area contributed by atoms with Gasteiger partial charge in [0.15, 0.2) is 0 Å². The van der Waals surface area contributed by atoms with Crippen molar-refractivity contribution in [1.29, 1.82) is 0 Å². The number of nitrogens with zero attached hydrogens (tertiary/aromatic N) is 1. The molecule has 19 heavy (non-hydrogen) atoms. The highest BCUT2D eigenvalue weighted by molar-refractivity contribution is 4.88. The zero-order valence-corrected chi connectivity index (χ0v) is 14.2. The molecule has 0 aromatic rings. The standard InChI is InChI=1S/C16H36N2O/c1-8-15(9-2)18(11-13(3)4)14(5)10-16(6,12-19)17-7/h13-15,17,19H,8-12H2,1-7H3. The van der Waals surface area contributed by atoms with E-state index in [-0.39, 0.29) is 12.1 Å². The highest BCUT2D eigenvalue weighted by atomic mass is 16.3. The van der Waals surface area contributed by atoms with Crippen molar-refractivity contribution in [2.45, 2.75) is 78.4 Å². The molecule has 3 nitrogen and oxygen atoms in total. The summed E-state index contributed by atoms with van der Waals surface area (Å²) in [5.74, 6) is 0.679. The zero-order chi connectivity index (χ0) is 15.1. The van der Waals surface area contributed by atoms with Gasteiger partial charge in [0.05, 0.1) is 6.61 Å². The second kappa shape index (κ2) is 8.93. The minimum atomic E-state index is -0.180. The summed E-state index contributed by atoms with van der Waals surface area (Å²) in [6, 6.07) is 1.13. The van der Waals surface area contributed by atoms with E-state index in [1.807, 2.05) is 7.05 Å². The molecule has 0 aliphatic carbocycles. The lowest BCUT2D eigenvalue weighted by atomic mass is 9.92. The lowest BCUT2D eigenvalue weighted by molar-refractivity contribution is 0.0767. The fourth-order valence-electron chi connectivity index (χ4n) is 2.88. The van der Waals surface area contributed by atoms with Crippen LogP contribution in [0.5, 0.6) is 0 Å². The zero-order valence-electron chi connectivity index (χ0n) is 14.2. The summed E-state index contributed by atoms with van der Waals surface area (Å²) in [6.45, 7) is 14.8. The lowest BCUT2D eigenvalue weighted by Crippen LogP contribution is -2.51. The van der Waals surface area contributed by atoms with Gasteiger partial charge in [0.2, 0.25) is 0 Å². The van der Waals surface area contributed by atoms with Gasteiger partial charge in [-0.3, -0.25) is 4.90 Å². The monoisotopic (exact) mass is 272 g/mol. The van der Waals surface area contributed by atoms with Gasteiger partial charge in [0.1, 0.15) is 0 Å². The highest BCUT2D eigenvalue weighted by Gasteiger charge is 2.29. The predicted molar refractivity (Wildman–Crippen MR) is 84.5 cm³/mol. The van der Waals surface area contributed by atoms with Crippen LogP contribution < -0.4 is 5.32 Å². The summed E-state index contributed by atoms with van der Waals surface area (Å²) in [5.41, 5.74) is -0.180. The van der Waals surface area contributed by atoms with Gasteiger partial charge in [0.25, 0.3) is 0 Å². The van der Waals surface area contributed by atoms with Gasteiger partial charge in [0, 0.05) is 24.2 Å². The molecule has 0 amide bonds. The first-order valence-corrected chi connectivity index (χ1v) is 7.89. The lowest BCUT2D eigenvalue weighted by Gasteiger charge is -2.41. The molecule has 2 N–H and O–H groups in total. The molecule has 0 saturated heterocycles. The van der Waals surface area contributed by atoms with Crippen LogP contribution in [0.4, 0.5) is 0 Å². The van der Waals surface area contributed by atoms with Crippen molar-refractivity contribution in [2.75, 3.05) is 20.2 Å². The molecule has 0 heterocycles. The number of hydrogen-bond donors (Lipinski definition) is 2. The third-order valence-electron chi connectivity index (χ3n) is 4.25. The Morgan fingerprint density at radius 1 is 1.16 bits per heavy atom. The van der Waals surface area contributed by atoms with E-state index in [2.05, 4.69) is 51.8 Å². The second-order valence-electron chi connectivity index (χ2n) is 6.58. The Bertz CT molecular complexity index is 223. The molecular formula is C16H36N2O. The number of nitrogens with one attached hydrogen (secondary N) is 1. The SMILES string of the molecule is CCC(CC)N(CC(C)C)C(C)CC(C)(CO)NC. The smallest absolute Gasteiger partial charge is 0.0611 e. The molecule has 2 atom stereocenters. The van der Waals surface area contributed by atoms with Crippen LogP contribution in [0.1, 0.15) is 60.8 Å². The van der Waals surface area contributed by atoms with Crippen molar-refractivity contribution in [3.05, 3.63) is 0 Å². The minimum absolute atomic E-state index is 0.180. The molecule has 0 saturated carbocycles. The fourth-order valence-corrected chi connectivity index (χ4v) is 2.88. The first-order valence-electron chi connectivity index (χ1n) is 7.89. The number of aliphatic hydroxyl groups is 1. The van der Waals surface area contributed by atoms with E-state index < -0.39 is 0 Å². The summed E-state index contributed by atoms with van der Waals surface area (Å²) >= 11 is 0. The van der Waals surface area contributed by atoms with Crippen LogP contribution in [0, 0.1) is 5.92 Å². The Labute approximate surface area is 120 Å². The molecule has 0 aliphatic heterocycles. The van der Waals surface area contributed by atoms with Crippen LogP contribution in [-0.2, 0) is 0 Å². The minimum Gasteiger partial charge on any atom is -0.394 e. The largest absolute Gasteiger partial charge is 0.394 e. The molecule has 0 aromatic carbocycles. The maximum atomic E-state index is 9.57. The van der Waals surface area contributed by atoms with Crippen molar-refractivity contribution in [1.82, 2.24) is 10.2 Å². The van der Waals surface area contributed by atoms with Gasteiger partial charge in [-0.2, -0.15) is 0 Å². The number of aliphatic hydroxyl groups excluding tert-OH is 1. The molecule has 116 valence electrons. The molecular weight excluding hydrogens is 236 g/mol. The van der Waals surface area contributed by atoms with Crippen molar-refractivity contribution in [2.24, 2.45) is 5.92 Å². The molecule has 3 heteroatoms. The van der Waals surface area contributed by atoms with Crippen molar-refractivity contribution in [3.8, 4) is 0 Å². The van der Waals surface area contributed by atoms with E-state index in [0.717, 1.165) is 13.0 Å². The van der Waals surface area contributed by atoms with Crippen LogP contribution in [0.25, 0.3) is 0 Å². The van der Waals surface area contributed by atoms with Gasteiger partial charge in [-0.15, -0.1) is 0 Å². The Balaban J connectivity index is 4.83. The number of likely N-dealkylation sites (N-methyl/N-ethyl adjacent to an activating group) is 1. The quantitative estimate of drug-likeness (QED) is 0.642. The summed E-state index contributed by atoms with van der Waals surface area (Å²) in [6.07, 6.45) is 3.37. The van der Waals surface area contributed by atoms with E-state index in [4.69, 9.17) is 0 Å². The van der Waals surface area contributed by atoms with E-state index in [0.29, 0.717) is 18.0 Å². The molecule has 0 aliphatic rings. The van der Waals surface area contributed by atoms with Crippen molar-refractivity contribution < 1.29 is 5.11 Å². The first-order chi connectivity index (χ1) is 8.83. The van der Waals surface area contributed by atoms with Gasteiger partial charge in [-0.1, -0.05) is 27.7 Å². The van der Waals surface area contributed by atoms with Crippen LogP contribution in [0.3, 0.4) is 0 Å². The molecule has 0 bridgehead atoms. The molecule has 0 aromatic heterocycles. The summed E-state index contributed by atoms with van der Waals surface area (Å²) in [5, 5.41) is 12.8. The summed E-state index contributed by atoms with van der Waals surface area (Å²) in [7, 11) is 1.94. The van der Waals surface area contributed by atoms with Gasteiger partial charge in [-0.25, -0.2) is 0 Å². The fraction of sp³-hybridized carbons (Fsp3) is 1.00. The number of rotatable bonds is 10. The first kappa shape index (κ1) is 18.9. The topological polar surface area (TPSA) is 35.5 Å². The maximum absolute atomic E-state index is 9.57. The van der Waals surface area contributed by atoms with Gasteiger partial charge < -0.3 is 10.4 Å². The maximum Gasteiger partial charge on any atom is 0.0611 e. The van der Waals surface area contributed by atoms with Crippen LogP contribution in [0.15, 0.2) is 0 Å². The molecule has 0 spiro atoms. The van der Waals surface area contributed by atoms with Gasteiger partial charge in [-0.05, 0) is 46.1 Å². The average molecular weight is 272 g/mol. The predicted octanol–water partition coefficient (Wildman–Crippen LogP) is 2.88. The Morgan fingerprint density at radius 2 is 1.68 bits per heavy atom. The second-order valence-corrected chi connectivity index (χ2v) is 6.58. The summed E-state index contributed by atoms with van der Waals surface area (Å²) in [4.78, 5) is 2.63. The van der Waals surface area contributed by atoms with E-state index >= 15 is 0 Å². The van der Waals surface area contributed by atoms with Crippen LogP contribution in [0.2, 0.25) is 0 Å². The van der Waals surface area contributed by atoms with E-state index in [1.165, 1.54) is 12.8 Å². The van der Waals surface area contributed by atoms with E-state index in [1.54, 1.807) is 0 Å². The number of hydrogen-bond acceptors (Lipinski definition) is 3. The van der Waals surface area contributed by atoms with Crippen molar-refractivity contribution >= 4 is 0 Å². The van der Waals surface area contributed by atoms with Crippen molar-refractivity contribution in [3.63, 3.8) is 0 Å². The summed E-state index contributed by atoms with van der Waals surface area (Å²) < 4.78 is 0. The Kier molecular flexibility index (Phi) is 8.88. The molecule has 0 rings (SSSR count).